The molecule has 0 radical (unpaired) electrons. The zero-order valence-electron chi connectivity index (χ0n) is 16.2. The summed E-state index contributed by atoms with van der Waals surface area (Å²) in [4.78, 5) is 54.0. The van der Waals surface area contributed by atoms with Crippen LogP contribution in [0.1, 0.15) is 12.0 Å². The third-order valence-electron chi connectivity index (χ3n) is 5.29. The molecule has 156 valence electrons. The molecular weight excluding hydrogens is 416 g/mol. The average molecular weight is 433 g/mol. The van der Waals surface area contributed by atoms with Gasteiger partial charge in [-0.1, -0.05) is 0 Å². The van der Waals surface area contributed by atoms with Crippen molar-refractivity contribution in [1.82, 2.24) is 18.7 Å². The fraction of sp³-hybridized carbons (Fsp3) is 0.333. The van der Waals surface area contributed by atoms with Gasteiger partial charge in [-0.15, -0.1) is 0 Å². The number of imidazole rings is 1. The van der Waals surface area contributed by atoms with Gasteiger partial charge >= 0.3 is 5.69 Å². The molecule has 0 unspecified atom stereocenters. The number of anilines is 1. The molecule has 3 aromatic rings. The second kappa shape index (κ2) is 7.10. The molecule has 0 aliphatic carbocycles. The molecule has 11 nitrogen and oxygen atoms in total. The van der Waals surface area contributed by atoms with Gasteiger partial charge in [-0.05, 0) is 36.1 Å². The first kappa shape index (κ1) is 19.8. The second-order valence-electron chi connectivity index (χ2n) is 7.06. The van der Waals surface area contributed by atoms with Crippen molar-refractivity contribution in [3.8, 4) is 0 Å². The van der Waals surface area contributed by atoms with Crippen molar-refractivity contribution in [1.29, 1.82) is 0 Å². The number of rotatable bonds is 3. The largest absolute Gasteiger partial charge is 0.332 e. The Labute approximate surface area is 173 Å². The third kappa shape index (κ3) is 2.98. The van der Waals surface area contributed by atoms with Crippen molar-refractivity contribution in [2.45, 2.75) is 19.4 Å². The number of carbonyl (C=O) groups excluding carboxylic acids is 1. The summed E-state index contributed by atoms with van der Waals surface area (Å²) in [5, 5.41) is 10.9. The van der Waals surface area contributed by atoms with Crippen LogP contribution >= 0.6 is 11.6 Å². The highest BCUT2D eigenvalue weighted by atomic mass is 35.5. The number of aryl methyl sites for hydroxylation is 2. The third-order valence-corrected chi connectivity index (χ3v) is 5.58. The number of hydrogen-bond acceptors (Lipinski definition) is 6. The molecule has 0 N–H and O–H groups in total. The molecule has 3 heterocycles. The van der Waals surface area contributed by atoms with Crippen molar-refractivity contribution in [3.05, 3.63) is 60.0 Å². The smallest absolute Gasteiger partial charge is 0.311 e. The lowest BCUT2D eigenvalue weighted by atomic mass is 10.0. The van der Waals surface area contributed by atoms with Gasteiger partial charge in [-0.2, -0.15) is 4.98 Å². The minimum Gasteiger partial charge on any atom is -0.311 e. The Hall–Kier alpha value is -3.47. The van der Waals surface area contributed by atoms with E-state index >= 15 is 0 Å². The van der Waals surface area contributed by atoms with E-state index in [-0.39, 0.29) is 34.6 Å². The minimum absolute atomic E-state index is 0.0314. The molecule has 2 aromatic heterocycles. The maximum atomic E-state index is 13.1. The maximum absolute atomic E-state index is 13.1. The van der Waals surface area contributed by atoms with Gasteiger partial charge in [-0.25, -0.2) is 4.79 Å². The van der Waals surface area contributed by atoms with Crippen molar-refractivity contribution < 1.29 is 9.72 Å². The van der Waals surface area contributed by atoms with Crippen LogP contribution in [0, 0.1) is 10.1 Å². The molecule has 30 heavy (non-hydrogen) atoms. The molecule has 1 aliphatic heterocycles. The van der Waals surface area contributed by atoms with E-state index in [9.17, 15) is 24.5 Å². The molecule has 0 saturated carbocycles. The molecule has 1 amide bonds. The van der Waals surface area contributed by atoms with Crippen LogP contribution in [0.15, 0.2) is 27.8 Å². The minimum atomic E-state index is -0.602. The number of carbonyl (C=O) groups is 1. The van der Waals surface area contributed by atoms with E-state index in [4.69, 9.17) is 11.6 Å². The first-order valence-corrected chi connectivity index (χ1v) is 9.48. The number of nitro groups is 1. The van der Waals surface area contributed by atoms with Gasteiger partial charge in [0.2, 0.25) is 11.2 Å². The average Bonchev–Trinajstić information content (AvgIpc) is 3.05. The highest BCUT2D eigenvalue weighted by Crippen LogP contribution is 2.31. The molecule has 4 rings (SSSR count). The van der Waals surface area contributed by atoms with Gasteiger partial charge in [0, 0.05) is 38.5 Å². The van der Waals surface area contributed by atoms with Gasteiger partial charge in [0.05, 0.1) is 4.92 Å². The monoisotopic (exact) mass is 432 g/mol. The summed E-state index contributed by atoms with van der Waals surface area (Å²) in [6, 6.07) is 4.39. The summed E-state index contributed by atoms with van der Waals surface area (Å²) in [6.45, 7) is 0.170. The zero-order valence-corrected chi connectivity index (χ0v) is 16.9. The van der Waals surface area contributed by atoms with Gasteiger partial charge in [0.15, 0.2) is 11.2 Å². The summed E-state index contributed by atoms with van der Waals surface area (Å²) in [6.07, 6.45) is 1.27. The van der Waals surface area contributed by atoms with E-state index in [2.05, 4.69) is 4.98 Å². The predicted octanol–water partition coefficient (Wildman–Crippen LogP) is 0.975. The SMILES string of the molecule is Cn1c(=O)c2c(nc(Cl)n2CC(=O)N2CCCc3cc([N+](=O)[O-])ccc32)n(C)c1=O. The van der Waals surface area contributed by atoms with E-state index in [1.807, 2.05) is 0 Å². The highest BCUT2D eigenvalue weighted by Gasteiger charge is 2.27. The Bertz CT molecular complexity index is 1340. The highest BCUT2D eigenvalue weighted by molar-refractivity contribution is 6.29. The molecule has 0 bridgehead atoms. The number of fused-ring (bicyclic) bond motifs is 2. The Morgan fingerprint density at radius 1 is 1.27 bits per heavy atom. The van der Waals surface area contributed by atoms with Gasteiger partial charge in [0.25, 0.3) is 11.2 Å². The van der Waals surface area contributed by atoms with Crippen LogP contribution in [-0.4, -0.2) is 36.1 Å². The van der Waals surface area contributed by atoms with Gasteiger partial charge in [-0.3, -0.25) is 33.4 Å². The number of hydrogen-bond donors (Lipinski definition) is 0. The lowest BCUT2D eigenvalue weighted by Gasteiger charge is -2.29. The van der Waals surface area contributed by atoms with Gasteiger partial charge in [0.1, 0.15) is 6.54 Å². The zero-order chi connectivity index (χ0) is 21.7. The maximum Gasteiger partial charge on any atom is 0.332 e. The summed E-state index contributed by atoms with van der Waals surface area (Å²) in [5.41, 5.74) is 0.272. The van der Waals surface area contributed by atoms with Crippen LogP contribution in [-0.2, 0) is 31.9 Å². The van der Waals surface area contributed by atoms with Crippen molar-refractivity contribution in [2.24, 2.45) is 14.1 Å². The van der Waals surface area contributed by atoms with Crippen molar-refractivity contribution >= 4 is 40.0 Å². The lowest BCUT2D eigenvalue weighted by Crippen LogP contribution is -2.40. The summed E-state index contributed by atoms with van der Waals surface area (Å²) in [5.74, 6) is -0.345. The second-order valence-corrected chi connectivity index (χ2v) is 7.40. The predicted molar refractivity (Wildman–Crippen MR) is 109 cm³/mol. The first-order chi connectivity index (χ1) is 14.2. The number of non-ortho nitro benzene ring substituents is 1. The normalized spacial score (nSPS) is 13.5. The molecule has 12 heteroatoms. The number of halogens is 1. The Kier molecular flexibility index (Phi) is 4.69. The Balaban J connectivity index is 1.75. The number of amides is 1. The van der Waals surface area contributed by atoms with Crippen LogP contribution in [0.4, 0.5) is 11.4 Å². The number of nitro benzene ring substituents is 1. The van der Waals surface area contributed by atoms with Crippen LogP contribution in [0.2, 0.25) is 5.28 Å². The number of nitrogens with zero attached hydrogens (tertiary/aromatic N) is 6. The lowest BCUT2D eigenvalue weighted by molar-refractivity contribution is -0.384. The molecule has 1 aromatic carbocycles. The summed E-state index contributed by atoms with van der Waals surface area (Å²) in [7, 11) is 2.80. The van der Waals surface area contributed by atoms with E-state index in [0.29, 0.717) is 30.6 Å². The topological polar surface area (TPSA) is 125 Å². The molecule has 1 aliphatic rings. The van der Waals surface area contributed by atoms with Crippen LogP contribution in [0.3, 0.4) is 0 Å². The van der Waals surface area contributed by atoms with Crippen LogP contribution in [0.5, 0.6) is 0 Å². The summed E-state index contributed by atoms with van der Waals surface area (Å²) >= 11 is 6.20. The van der Waals surface area contributed by atoms with Crippen LogP contribution < -0.4 is 16.1 Å². The molecule has 0 atom stereocenters. The molecule has 0 spiro atoms. The Morgan fingerprint density at radius 3 is 2.70 bits per heavy atom. The van der Waals surface area contributed by atoms with E-state index < -0.39 is 16.2 Å². The van der Waals surface area contributed by atoms with E-state index in [1.165, 1.54) is 40.3 Å². The standard InChI is InChI=1S/C18H17ClN6O5/c1-21-15-14(16(27)22(2)18(21)28)24(17(19)20-15)9-13(26)23-7-3-4-10-8-11(25(29)30)5-6-12(10)23/h5-6,8H,3-4,7,9H2,1-2H3. The molecule has 0 fully saturated rings. The van der Waals surface area contributed by atoms with Crippen molar-refractivity contribution in [2.75, 3.05) is 11.4 Å². The van der Waals surface area contributed by atoms with E-state index in [0.717, 1.165) is 4.57 Å². The van der Waals surface area contributed by atoms with Crippen molar-refractivity contribution in [3.63, 3.8) is 0 Å². The van der Waals surface area contributed by atoms with Crippen LogP contribution in [0.25, 0.3) is 11.2 Å². The van der Waals surface area contributed by atoms with Gasteiger partial charge < -0.3 is 4.90 Å². The fourth-order valence-corrected chi connectivity index (χ4v) is 3.97. The Morgan fingerprint density at radius 2 is 2.00 bits per heavy atom. The molecule has 0 saturated heterocycles. The first-order valence-electron chi connectivity index (χ1n) is 9.10. The number of aromatic nitrogens is 4. The number of benzene rings is 1. The molecular formula is C18H17ClN6O5. The fourth-order valence-electron chi connectivity index (χ4n) is 3.74. The quantitative estimate of drug-likeness (QED) is 0.345. The summed E-state index contributed by atoms with van der Waals surface area (Å²) < 4.78 is 3.40. The van der Waals surface area contributed by atoms with E-state index in [1.54, 1.807) is 6.07 Å².